The van der Waals surface area contributed by atoms with E-state index in [1.54, 1.807) is 18.2 Å². The lowest BCUT2D eigenvalue weighted by atomic mass is 10.2. The molecular weight excluding hydrogens is 184 g/mol. The van der Waals surface area contributed by atoms with Gasteiger partial charge in [-0.25, -0.2) is 0 Å². The van der Waals surface area contributed by atoms with E-state index in [9.17, 15) is 10.1 Å². The third-order valence-electron chi connectivity index (χ3n) is 1.74. The summed E-state index contributed by atoms with van der Waals surface area (Å²) in [6.45, 7) is 2.49. The molecule has 6 nitrogen and oxygen atoms in total. The summed E-state index contributed by atoms with van der Waals surface area (Å²) in [5.41, 5.74) is 3.03. The van der Waals surface area contributed by atoms with Gasteiger partial charge in [0.15, 0.2) is 0 Å². The van der Waals surface area contributed by atoms with E-state index in [1.165, 1.54) is 0 Å². The average molecular weight is 196 g/mol. The molecule has 76 valence electrons. The van der Waals surface area contributed by atoms with E-state index in [4.69, 9.17) is 5.84 Å². The molecule has 0 amide bonds. The number of hydrogen-bond donors (Lipinski definition) is 3. The molecule has 6 heteroatoms. The molecule has 0 fully saturated rings. The van der Waals surface area contributed by atoms with Gasteiger partial charge in [-0.15, -0.1) is 0 Å². The number of anilines is 2. The van der Waals surface area contributed by atoms with Gasteiger partial charge in [0, 0.05) is 6.54 Å². The third kappa shape index (κ3) is 1.91. The molecule has 0 heterocycles. The zero-order valence-corrected chi connectivity index (χ0v) is 7.78. The standard InChI is InChI=1S/C8H12N4O2/c1-2-10-6-4-3-5-7(11-9)8(6)12(13)14/h3-5,10-11H,2,9H2,1H3. The van der Waals surface area contributed by atoms with E-state index in [0.29, 0.717) is 17.9 Å². The van der Waals surface area contributed by atoms with E-state index in [0.717, 1.165) is 0 Å². The van der Waals surface area contributed by atoms with Crippen molar-refractivity contribution in [3.63, 3.8) is 0 Å². The Morgan fingerprint density at radius 2 is 2.14 bits per heavy atom. The SMILES string of the molecule is CCNc1cccc(NN)c1[N+](=O)[O-]. The van der Waals surface area contributed by atoms with E-state index in [1.807, 2.05) is 6.92 Å². The molecule has 1 aromatic carbocycles. The van der Waals surface area contributed by atoms with Crippen LogP contribution in [-0.2, 0) is 0 Å². The predicted molar refractivity (Wildman–Crippen MR) is 55.1 cm³/mol. The normalized spacial score (nSPS) is 9.57. The summed E-state index contributed by atoms with van der Waals surface area (Å²) in [7, 11) is 0. The Balaban J connectivity index is 3.20. The van der Waals surface area contributed by atoms with Crippen molar-refractivity contribution in [2.45, 2.75) is 6.92 Å². The maximum atomic E-state index is 10.7. The number of hydrogen-bond acceptors (Lipinski definition) is 5. The molecule has 0 bridgehead atoms. The zero-order valence-electron chi connectivity index (χ0n) is 7.78. The van der Waals surface area contributed by atoms with Crippen LogP contribution in [-0.4, -0.2) is 11.5 Å². The first-order valence-electron chi connectivity index (χ1n) is 4.18. The maximum absolute atomic E-state index is 10.7. The summed E-state index contributed by atoms with van der Waals surface area (Å²) in [6.07, 6.45) is 0. The highest BCUT2D eigenvalue weighted by Crippen LogP contribution is 2.31. The largest absolute Gasteiger partial charge is 0.380 e. The molecule has 0 aliphatic rings. The van der Waals surface area contributed by atoms with Crippen LogP contribution in [0.25, 0.3) is 0 Å². The molecule has 0 radical (unpaired) electrons. The van der Waals surface area contributed by atoms with E-state index in [2.05, 4.69) is 10.7 Å². The monoisotopic (exact) mass is 196 g/mol. The Hall–Kier alpha value is -1.82. The highest BCUT2D eigenvalue weighted by Gasteiger charge is 2.17. The average Bonchev–Trinajstić information content (AvgIpc) is 2.17. The van der Waals surface area contributed by atoms with Gasteiger partial charge in [-0.3, -0.25) is 16.0 Å². The van der Waals surface area contributed by atoms with Crippen molar-refractivity contribution >= 4 is 17.1 Å². The molecule has 4 N–H and O–H groups in total. The number of para-hydroxylation sites is 1. The summed E-state index contributed by atoms with van der Waals surface area (Å²) in [4.78, 5) is 10.3. The lowest BCUT2D eigenvalue weighted by Gasteiger charge is -2.07. The maximum Gasteiger partial charge on any atom is 0.316 e. The van der Waals surface area contributed by atoms with Gasteiger partial charge in [0.2, 0.25) is 0 Å². The number of nitrogens with one attached hydrogen (secondary N) is 2. The Morgan fingerprint density at radius 3 is 2.64 bits per heavy atom. The van der Waals surface area contributed by atoms with Crippen LogP contribution in [0.1, 0.15) is 6.92 Å². The molecular formula is C8H12N4O2. The first kappa shape index (κ1) is 10.3. The second kappa shape index (κ2) is 4.43. The Bertz CT molecular complexity index is 340. The van der Waals surface area contributed by atoms with Crippen molar-refractivity contribution < 1.29 is 4.92 Å². The van der Waals surface area contributed by atoms with Gasteiger partial charge in [-0.05, 0) is 19.1 Å². The van der Waals surface area contributed by atoms with E-state index in [-0.39, 0.29) is 5.69 Å². The lowest BCUT2D eigenvalue weighted by Crippen LogP contribution is -2.10. The molecule has 1 aromatic rings. The van der Waals surface area contributed by atoms with E-state index < -0.39 is 4.92 Å². The summed E-state index contributed by atoms with van der Waals surface area (Å²) in [6, 6.07) is 4.89. The number of nitro benzene ring substituents is 1. The van der Waals surface area contributed by atoms with Crippen molar-refractivity contribution in [3.8, 4) is 0 Å². The van der Waals surface area contributed by atoms with Crippen LogP contribution in [0.2, 0.25) is 0 Å². The fourth-order valence-corrected chi connectivity index (χ4v) is 1.19. The van der Waals surface area contributed by atoms with Crippen molar-refractivity contribution in [1.29, 1.82) is 0 Å². The minimum absolute atomic E-state index is 0.0307. The topological polar surface area (TPSA) is 93.2 Å². The molecule has 0 unspecified atom stereocenters. The van der Waals surface area contributed by atoms with Gasteiger partial charge in [-0.2, -0.15) is 0 Å². The van der Waals surface area contributed by atoms with Crippen LogP contribution in [0.3, 0.4) is 0 Å². The van der Waals surface area contributed by atoms with Crippen LogP contribution in [0, 0.1) is 10.1 Å². The van der Waals surface area contributed by atoms with Crippen LogP contribution in [0.15, 0.2) is 18.2 Å². The smallest absolute Gasteiger partial charge is 0.316 e. The third-order valence-corrected chi connectivity index (χ3v) is 1.74. The summed E-state index contributed by atoms with van der Waals surface area (Å²) in [5, 5.41) is 13.6. The first-order valence-corrected chi connectivity index (χ1v) is 4.18. The predicted octanol–water partition coefficient (Wildman–Crippen LogP) is 1.31. The highest BCUT2D eigenvalue weighted by atomic mass is 16.6. The van der Waals surface area contributed by atoms with Gasteiger partial charge in [0.05, 0.1) is 4.92 Å². The van der Waals surface area contributed by atoms with Gasteiger partial charge >= 0.3 is 5.69 Å². The molecule has 0 aliphatic heterocycles. The second-order valence-corrected chi connectivity index (χ2v) is 2.63. The minimum Gasteiger partial charge on any atom is -0.380 e. The van der Waals surface area contributed by atoms with Crippen LogP contribution in [0.4, 0.5) is 17.1 Å². The Kier molecular flexibility index (Phi) is 3.24. The molecule has 1 rings (SSSR count). The molecule has 14 heavy (non-hydrogen) atoms. The zero-order chi connectivity index (χ0) is 10.6. The molecule has 0 spiro atoms. The number of nitro groups is 1. The number of benzene rings is 1. The number of nitrogens with two attached hydrogens (primary N) is 1. The van der Waals surface area contributed by atoms with Crippen molar-refractivity contribution in [2.75, 3.05) is 17.3 Å². The summed E-state index contributed by atoms with van der Waals surface area (Å²) >= 11 is 0. The summed E-state index contributed by atoms with van der Waals surface area (Å²) in [5.74, 6) is 5.17. The molecule has 0 atom stereocenters. The summed E-state index contributed by atoms with van der Waals surface area (Å²) < 4.78 is 0. The fourth-order valence-electron chi connectivity index (χ4n) is 1.19. The van der Waals surface area contributed by atoms with Crippen LogP contribution < -0.4 is 16.6 Å². The quantitative estimate of drug-likeness (QED) is 0.383. The van der Waals surface area contributed by atoms with E-state index >= 15 is 0 Å². The minimum atomic E-state index is -0.465. The Labute approximate surface area is 81.2 Å². The molecule has 0 aromatic heterocycles. The van der Waals surface area contributed by atoms with Gasteiger partial charge in [0.25, 0.3) is 0 Å². The first-order chi connectivity index (χ1) is 6.70. The van der Waals surface area contributed by atoms with Crippen LogP contribution >= 0.6 is 0 Å². The molecule has 0 aliphatic carbocycles. The van der Waals surface area contributed by atoms with Gasteiger partial charge in [-0.1, -0.05) is 6.07 Å². The lowest BCUT2D eigenvalue weighted by molar-refractivity contribution is -0.383. The number of rotatable bonds is 4. The van der Waals surface area contributed by atoms with Gasteiger partial charge in [0.1, 0.15) is 11.4 Å². The van der Waals surface area contributed by atoms with Crippen molar-refractivity contribution in [1.82, 2.24) is 0 Å². The van der Waals surface area contributed by atoms with Crippen LogP contribution in [0.5, 0.6) is 0 Å². The molecule has 0 saturated carbocycles. The second-order valence-electron chi connectivity index (χ2n) is 2.63. The number of hydrazine groups is 1. The fraction of sp³-hybridized carbons (Fsp3) is 0.250. The molecule has 0 saturated heterocycles. The number of nitrogens with zero attached hydrogens (tertiary/aromatic N) is 1. The number of nitrogen functional groups attached to an aromatic ring is 1. The van der Waals surface area contributed by atoms with Crippen molar-refractivity contribution in [2.24, 2.45) is 5.84 Å². The van der Waals surface area contributed by atoms with Crippen molar-refractivity contribution in [3.05, 3.63) is 28.3 Å². The van der Waals surface area contributed by atoms with Gasteiger partial charge < -0.3 is 10.7 Å². The highest BCUT2D eigenvalue weighted by molar-refractivity contribution is 5.75. The Morgan fingerprint density at radius 1 is 1.50 bits per heavy atom.